The molecule has 0 atom stereocenters. The number of amides is 1. The van der Waals surface area contributed by atoms with Gasteiger partial charge >= 0.3 is 0 Å². The lowest BCUT2D eigenvalue weighted by atomic mass is 10.2. The minimum Gasteiger partial charge on any atom is -0.322 e. The number of tetrazole rings is 1. The van der Waals surface area contributed by atoms with E-state index in [1.165, 1.54) is 22.9 Å². The number of aryl methyl sites for hydroxylation is 2. The van der Waals surface area contributed by atoms with E-state index in [2.05, 4.69) is 20.8 Å². The number of para-hydroxylation sites is 1. The molecule has 1 amide bonds. The first-order valence-corrected chi connectivity index (χ1v) is 10.4. The van der Waals surface area contributed by atoms with Crippen molar-refractivity contribution in [2.45, 2.75) is 13.8 Å². The first-order chi connectivity index (χ1) is 13.7. The van der Waals surface area contributed by atoms with E-state index in [4.69, 9.17) is 0 Å². The Balaban J connectivity index is 1.86. The fourth-order valence-electron chi connectivity index (χ4n) is 2.76. The normalized spacial score (nSPS) is 11.3. The fourth-order valence-corrected chi connectivity index (χ4v) is 3.67. The summed E-state index contributed by atoms with van der Waals surface area (Å²) in [6.07, 6.45) is 1.01. The minimum atomic E-state index is -3.74. The maximum atomic E-state index is 14.2. The lowest BCUT2D eigenvalue weighted by molar-refractivity contribution is -0.114. The molecule has 152 valence electrons. The van der Waals surface area contributed by atoms with E-state index in [1.54, 1.807) is 38.1 Å². The van der Waals surface area contributed by atoms with Crippen molar-refractivity contribution in [2.75, 3.05) is 22.4 Å². The predicted molar refractivity (Wildman–Crippen MR) is 106 cm³/mol. The van der Waals surface area contributed by atoms with Crippen LogP contribution in [-0.2, 0) is 14.8 Å². The van der Waals surface area contributed by atoms with Crippen LogP contribution in [0.3, 0.4) is 0 Å². The zero-order chi connectivity index (χ0) is 21.2. The molecule has 3 aromatic rings. The molecule has 1 heterocycles. The number of carbonyl (C=O) groups excluding carboxylic acids is 1. The molecule has 0 saturated heterocycles. The number of carbonyl (C=O) groups is 1. The standard InChI is InChI=1S/C18H19FN6O3S/c1-12-6-4-5-7-17(12)24(29(3,27)28)11-18(26)20-16-10-14(8-9-15(16)19)25-13(2)21-22-23-25/h4-10H,11H2,1-3H3,(H,20,26). The molecule has 0 aliphatic carbocycles. The first kappa shape index (κ1) is 20.4. The number of hydrogen-bond acceptors (Lipinski definition) is 6. The molecule has 0 unspecified atom stereocenters. The van der Waals surface area contributed by atoms with Crippen LogP contribution in [0.1, 0.15) is 11.4 Å². The van der Waals surface area contributed by atoms with Crippen molar-refractivity contribution >= 4 is 27.3 Å². The number of nitrogens with one attached hydrogen (secondary N) is 1. The number of rotatable bonds is 6. The summed E-state index contributed by atoms with van der Waals surface area (Å²) in [5.41, 5.74) is 1.40. The van der Waals surface area contributed by atoms with Gasteiger partial charge in [0.15, 0.2) is 5.82 Å². The summed E-state index contributed by atoms with van der Waals surface area (Å²) in [7, 11) is -3.74. The molecule has 0 aliphatic rings. The zero-order valence-electron chi connectivity index (χ0n) is 16.0. The maximum absolute atomic E-state index is 14.2. The summed E-state index contributed by atoms with van der Waals surface area (Å²) in [6.45, 7) is 2.91. The average Bonchev–Trinajstić information content (AvgIpc) is 3.07. The van der Waals surface area contributed by atoms with Gasteiger partial charge in [0.05, 0.1) is 23.3 Å². The molecule has 0 radical (unpaired) electrons. The second-order valence-electron chi connectivity index (χ2n) is 6.41. The van der Waals surface area contributed by atoms with Crippen LogP contribution < -0.4 is 9.62 Å². The van der Waals surface area contributed by atoms with Gasteiger partial charge in [0.2, 0.25) is 15.9 Å². The Hall–Kier alpha value is -3.34. The third-order valence-electron chi connectivity index (χ3n) is 4.17. The molecule has 2 aromatic carbocycles. The molecule has 9 nitrogen and oxygen atoms in total. The van der Waals surface area contributed by atoms with Gasteiger partial charge in [-0.2, -0.15) is 4.68 Å². The van der Waals surface area contributed by atoms with Crippen LogP contribution in [0.25, 0.3) is 5.69 Å². The summed E-state index contributed by atoms with van der Waals surface area (Å²) >= 11 is 0. The van der Waals surface area contributed by atoms with Crippen LogP contribution in [0.2, 0.25) is 0 Å². The molecule has 0 fully saturated rings. The second kappa shape index (κ2) is 7.95. The summed E-state index contributed by atoms with van der Waals surface area (Å²) in [5, 5.41) is 13.5. The second-order valence-corrected chi connectivity index (χ2v) is 8.31. The predicted octanol–water partition coefficient (Wildman–Crippen LogP) is 1.82. The highest BCUT2D eigenvalue weighted by Crippen LogP contribution is 2.23. The Morgan fingerprint density at radius 3 is 2.55 bits per heavy atom. The highest BCUT2D eigenvalue weighted by molar-refractivity contribution is 7.92. The van der Waals surface area contributed by atoms with Gasteiger partial charge < -0.3 is 5.32 Å². The molecule has 0 bridgehead atoms. The monoisotopic (exact) mass is 418 g/mol. The van der Waals surface area contributed by atoms with Gasteiger partial charge in [-0.1, -0.05) is 18.2 Å². The Kier molecular flexibility index (Phi) is 5.59. The van der Waals surface area contributed by atoms with Crippen LogP contribution in [0.5, 0.6) is 0 Å². The van der Waals surface area contributed by atoms with E-state index in [0.29, 0.717) is 22.8 Å². The van der Waals surface area contributed by atoms with E-state index in [0.717, 1.165) is 10.6 Å². The average molecular weight is 418 g/mol. The zero-order valence-corrected chi connectivity index (χ0v) is 16.8. The van der Waals surface area contributed by atoms with Crippen molar-refractivity contribution in [1.29, 1.82) is 0 Å². The Labute approximate surface area is 167 Å². The molecule has 11 heteroatoms. The summed E-state index contributed by atoms with van der Waals surface area (Å²) in [4.78, 5) is 12.5. The summed E-state index contributed by atoms with van der Waals surface area (Å²) in [5.74, 6) is -0.880. The number of aromatic nitrogens is 4. The first-order valence-electron chi connectivity index (χ1n) is 8.55. The van der Waals surface area contributed by atoms with Crippen molar-refractivity contribution < 1.29 is 17.6 Å². The van der Waals surface area contributed by atoms with Crippen LogP contribution >= 0.6 is 0 Å². The number of nitrogens with zero attached hydrogens (tertiary/aromatic N) is 5. The number of benzene rings is 2. The fraction of sp³-hybridized carbons (Fsp3) is 0.222. The van der Waals surface area contributed by atoms with Crippen LogP contribution in [0, 0.1) is 19.7 Å². The van der Waals surface area contributed by atoms with Gasteiger partial charge in [-0.15, -0.1) is 5.10 Å². The molecule has 1 aromatic heterocycles. The third kappa shape index (κ3) is 4.57. The van der Waals surface area contributed by atoms with Gasteiger partial charge in [-0.3, -0.25) is 9.10 Å². The number of sulfonamides is 1. The van der Waals surface area contributed by atoms with Crippen molar-refractivity contribution in [3.05, 3.63) is 59.7 Å². The molecule has 29 heavy (non-hydrogen) atoms. The van der Waals surface area contributed by atoms with Gasteiger partial charge in [-0.25, -0.2) is 12.8 Å². The van der Waals surface area contributed by atoms with E-state index >= 15 is 0 Å². The molecular weight excluding hydrogens is 399 g/mol. The Morgan fingerprint density at radius 1 is 1.21 bits per heavy atom. The highest BCUT2D eigenvalue weighted by Gasteiger charge is 2.23. The molecule has 0 spiro atoms. The maximum Gasteiger partial charge on any atom is 0.245 e. The van der Waals surface area contributed by atoms with Crippen molar-refractivity contribution in [2.24, 2.45) is 0 Å². The van der Waals surface area contributed by atoms with Gasteiger partial charge in [0.1, 0.15) is 12.4 Å². The smallest absolute Gasteiger partial charge is 0.245 e. The molecule has 0 saturated carbocycles. The lowest BCUT2D eigenvalue weighted by Crippen LogP contribution is -2.38. The van der Waals surface area contributed by atoms with Crippen molar-refractivity contribution in [3.8, 4) is 5.69 Å². The minimum absolute atomic E-state index is 0.111. The van der Waals surface area contributed by atoms with Crippen LogP contribution in [0.4, 0.5) is 15.8 Å². The van der Waals surface area contributed by atoms with E-state index < -0.39 is 28.3 Å². The number of halogens is 1. The van der Waals surface area contributed by atoms with E-state index in [9.17, 15) is 17.6 Å². The molecule has 0 aliphatic heterocycles. The summed E-state index contributed by atoms with van der Waals surface area (Å²) in [6, 6.07) is 10.8. The van der Waals surface area contributed by atoms with E-state index in [1.807, 2.05) is 0 Å². The van der Waals surface area contributed by atoms with Crippen molar-refractivity contribution in [3.63, 3.8) is 0 Å². The van der Waals surface area contributed by atoms with Crippen molar-refractivity contribution in [1.82, 2.24) is 20.2 Å². The van der Waals surface area contributed by atoms with Gasteiger partial charge in [0.25, 0.3) is 0 Å². The Bertz CT molecular complexity index is 1160. The van der Waals surface area contributed by atoms with Gasteiger partial charge in [-0.05, 0) is 54.1 Å². The van der Waals surface area contributed by atoms with Gasteiger partial charge in [0, 0.05) is 0 Å². The summed E-state index contributed by atoms with van der Waals surface area (Å²) < 4.78 is 41.0. The third-order valence-corrected chi connectivity index (χ3v) is 5.29. The SMILES string of the molecule is Cc1ccccc1N(CC(=O)Nc1cc(-n2nnnc2C)ccc1F)S(C)(=O)=O. The molecular formula is C18H19FN6O3S. The van der Waals surface area contributed by atoms with Crippen LogP contribution in [-0.4, -0.2) is 47.3 Å². The largest absolute Gasteiger partial charge is 0.322 e. The number of hydrogen-bond donors (Lipinski definition) is 1. The lowest BCUT2D eigenvalue weighted by Gasteiger charge is -2.23. The number of anilines is 2. The molecule has 3 rings (SSSR count). The molecule has 1 N–H and O–H groups in total. The quantitative estimate of drug-likeness (QED) is 0.654. The van der Waals surface area contributed by atoms with Crippen LogP contribution in [0.15, 0.2) is 42.5 Å². The highest BCUT2D eigenvalue weighted by atomic mass is 32.2. The topological polar surface area (TPSA) is 110 Å². The van der Waals surface area contributed by atoms with E-state index in [-0.39, 0.29) is 5.69 Å². The Morgan fingerprint density at radius 2 is 1.93 bits per heavy atom.